The van der Waals surface area contributed by atoms with Crippen LogP contribution in [0.2, 0.25) is 0 Å². The molecule has 3 aromatic carbocycles. The van der Waals surface area contributed by atoms with E-state index >= 15 is 0 Å². The molecule has 0 aliphatic carbocycles. The fraction of sp³-hybridized carbons (Fsp3) is 0.405. The standard InChI is InChI=1S/C37H50N8O6/c38-14-2-6-27(40)21-42-35(49)31(17-22-8-11-28(46)12-9-22)44-37(51)32-18-23-4-1-5-24(16-23)25-10-13-33(47)26(19-25)20-29(41)34(48)43-30(7-3-15-39)36(50)45-32/h1,4-5,8-13,16,19,27,29-32,46-47H,2-3,6-7,14-15,17-18,20-21,38-41H2,(H,42,49)(H,43,48)(H,44,51)(H,45,50)/t27-,29-,30-,31-,32-/m0/s1. The van der Waals surface area contributed by atoms with Gasteiger partial charge in [0.15, 0.2) is 0 Å². The smallest absolute Gasteiger partial charge is 0.243 e. The van der Waals surface area contributed by atoms with Gasteiger partial charge >= 0.3 is 0 Å². The molecule has 0 radical (unpaired) electrons. The summed E-state index contributed by atoms with van der Waals surface area (Å²) in [6.45, 7) is 0.890. The molecule has 274 valence electrons. The summed E-state index contributed by atoms with van der Waals surface area (Å²) in [5.41, 5.74) is 27.1. The van der Waals surface area contributed by atoms with Gasteiger partial charge in [-0.2, -0.15) is 0 Å². The van der Waals surface area contributed by atoms with Gasteiger partial charge in [-0.25, -0.2) is 0 Å². The highest BCUT2D eigenvalue weighted by Crippen LogP contribution is 2.28. The fourth-order valence-corrected chi connectivity index (χ4v) is 5.91. The first-order valence-corrected chi connectivity index (χ1v) is 17.3. The number of rotatable bonds is 13. The lowest BCUT2D eigenvalue weighted by molar-refractivity contribution is -0.134. The number of benzene rings is 3. The molecule has 0 spiro atoms. The van der Waals surface area contributed by atoms with E-state index in [1.54, 1.807) is 24.3 Å². The largest absolute Gasteiger partial charge is 0.508 e. The van der Waals surface area contributed by atoms with Gasteiger partial charge in [0.05, 0.1) is 6.04 Å². The van der Waals surface area contributed by atoms with E-state index in [9.17, 15) is 29.4 Å². The van der Waals surface area contributed by atoms with Gasteiger partial charge in [-0.15, -0.1) is 0 Å². The minimum absolute atomic E-state index is 0.0138. The lowest BCUT2D eigenvalue weighted by atomic mass is 9.96. The average Bonchev–Trinajstić information content (AvgIpc) is 3.12. The zero-order chi connectivity index (χ0) is 36.9. The number of nitrogens with one attached hydrogen (secondary N) is 4. The molecule has 0 saturated carbocycles. The van der Waals surface area contributed by atoms with E-state index in [-0.39, 0.29) is 56.3 Å². The van der Waals surface area contributed by atoms with Crippen molar-refractivity contribution in [3.05, 3.63) is 83.4 Å². The van der Waals surface area contributed by atoms with Crippen LogP contribution in [0.4, 0.5) is 0 Å². The SMILES string of the molecule is NCCC[C@H](N)CNC(=O)[C@H](Cc1ccc(O)cc1)NC(=O)[C@@H]1Cc2cccc(c2)-c2ccc(O)c(c2)C[C@H](N)C(=O)N[C@@H](CCCN)C(=O)N1. The maximum atomic E-state index is 14.2. The second-order valence-corrected chi connectivity index (χ2v) is 13.0. The van der Waals surface area contributed by atoms with E-state index in [0.29, 0.717) is 42.5 Å². The Kier molecular flexibility index (Phi) is 14.3. The predicted molar refractivity (Wildman–Crippen MR) is 194 cm³/mol. The van der Waals surface area contributed by atoms with Crippen LogP contribution in [-0.4, -0.2) is 83.7 Å². The Bertz CT molecular complexity index is 1650. The number of phenolic OH excluding ortho intramolecular Hbond substituents is 2. The van der Waals surface area contributed by atoms with Gasteiger partial charge in [0, 0.05) is 31.8 Å². The number of fused-ring (bicyclic) bond motifs is 5. The van der Waals surface area contributed by atoms with Crippen molar-refractivity contribution in [3.63, 3.8) is 0 Å². The zero-order valence-electron chi connectivity index (χ0n) is 28.6. The van der Waals surface area contributed by atoms with E-state index in [2.05, 4.69) is 21.3 Å². The van der Waals surface area contributed by atoms with Crippen LogP contribution in [-0.2, 0) is 38.4 Å². The van der Waals surface area contributed by atoms with E-state index < -0.39 is 47.8 Å². The summed E-state index contributed by atoms with van der Waals surface area (Å²) in [6.07, 6.45) is 2.04. The third-order valence-corrected chi connectivity index (χ3v) is 8.85. The van der Waals surface area contributed by atoms with Crippen molar-refractivity contribution in [2.45, 2.75) is 75.2 Å². The molecule has 4 bridgehead atoms. The summed E-state index contributed by atoms with van der Waals surface area (Å²) in [5, 5.41) is 31.5. The van der Waals surface area contributed by atoms with E-state index in [4.69, 9.17) is 22.9 Å². The van der Waals surface area contributed by atoms with Crippen molar-refractivity contribution in [1.82, 2.24) is 21.3 Å². The van der Waals surface area contributed by atoms with Crippen LogP contribution >= 0.6 is 0 Å². The van der Waals surface area contributed by atoms with Crippen LogP contribution in [0.15, 0.2) is 66.7 Å². The van der Waals surface area contributed by atoms with Gasteiger partial charge < -0.3 is 54.4 Å². The van der Waals surface area contributed by atoms with Crippen molar-refractivity contribution >= 4 is 23.6 Å². The number of carbonyl (C=O) groups excluding carboxylic acids is 4. The normalized spacial score (nSPS) is 19.0. The molecule has 3 aromatic rings. The molecular formula is C37H50N8O6. The first-order valence-electron chi connectivity index (χ1n) is 17.3. The number of nitrogens with two attached hydrogens (primary N) is 4. The molecule has 1 heterocycles. The molecule has 14 nitrogen and oxygen atoms in total. The first kappa shape index (κ1) is 38.8. The molecule has 4 amide bonds. The van der Waals surface area contributed by atoms with Gasteiger partial charge in [-0.3, -0.25) is 19.2 Å². The second kappa shape index (κ2) is 18.8. The lowest BCUT2D eigenvalue weighted by Crippen LogP contribution is -2.59. The number of phenols is 2. The Hall–Kier alpha value is -5.02. The molecule has 14 N–H and O–H groups in total. The minimum Gasteiger partial charge on any atom is -0.508 e. The van der Waals surface area contributed by atoms with Crippen LogP contribution in [0.5, 0.6) is 11.5 Å². The molecule has 51 heavy (non-hydrogen) atoms. The first-order chi connectivity index (χ1) is 24.5. The number of hydrogen-bond donors (Lipinski definition) is 10. The molecule has 4 rings (SSSR count). The van der Waals surface area contributed by atoms with Crippen LogP contribution in [0.1, 0.15) is 42.4 Å². The van der Waals surface area contributed by atoms with Gasteiger partial charge in [-0.1, -0.05) is 42.5 Å². The average molecular weight is 703 g/mol. The fourth-order valence-electron chi connectivity index (χ4n) is 5.91. The van der Waals surface area contributed by atoms with Crippen LogP contribution in [0.25, 0.3) is 11.1 Å². The number of amides is 4. The Morgan fingerprint density at radius 3 is 2.33 bits per heavy atom. The van der Waals surface area contributed by atoms with Gasteiger partial charge in [-0.05, 0) is 90.9 Å². The Balaban J connectivity index is 1.68. The van der Waals surface area contributed by atoms with E-state index in [0.717, 1.165) is 11.1 Å². The molecule has 1 aliphatic heterocycles. The maximum absolute atomic E-state index is 14.2. The second-order valence-electron chi connectivity index (χ2n) is 13.0. The Labute approximate surface area is 297 Å². The van der Waals surface area contributed by atoms with Crippen molar-refractivity contribution in [1.29, 1.82) is 0 Å². The third-order valence-electron chi connectivity index (χ3n) is 8.85. The quantitative estimate of drug-likeness (QED) is 0.112. The molecule has 0 aromatic heterocycles. The van der Waals surface area contributed by atoms with E-state index in [1.165, 1.54) is 18.2 Å². The van der Waals surface area contributed by atoms with Gasteiger partial charge in [0.25, 0.3) is 0 Å². The Morgan fingerprint density at radius 2 is 1.61 bits per heavy atom. The number of aromatic hydroxyl groups is 2. The van der Waals surface area contributed by atoms with Crippen molar-refractivity contribution in [2.24, 2.45) is 22.9 Å². The summed E-state index contributed by atoms with van der Waals surface area (Å²) in [5.74, 6) is -2.30. The highest BCUT2D eigenvalue weighted by Gasteiger charge is 2.31. The summed E-state index contributed by atoms with van der Waals surface area (Å²) in [6, 6.07) is 14.0. The Morgan fingerprint density at radius 1 is 0.882 bits per heavy atom. The number of carbonyl (C=O) groups is 4. The summed E-state index contributed by atoms with van der Waals surface area (Å²) < 4.78 is 0. The van der Waals surface area contributed by atoms with Crippen molar-refractivity contribution in [3.8, 4) is 22.6 Å². The summed E-state index contributed by atoms with van der Waals surface area (Å²) in [4.78, 5) is 54.7. The zero-order valence-corrected chi connectivity index (χ0v) is 28.6. The van der Waals surface area contributed by atoms with Crippen LogP contribution in [0, 0.1) is 0 Å². The van der Waals surface area contributed by atoms with Crippen LogP contribution < -0.4 is 44.2 Å². The summed E-state index contributed by atoms with van der Waals surface area (Å²) >= 11 is 0. The maximum Gasteiger partial charge on any atom is 0.243 e. The molecular weight excluding hydrogens is 652 g/mol. The summed E-state index contributed by atoms with van der Waals surface area (Å²) in [7, 11) is 0. The van der Waals surface area contributed by atoms with Crippen LogP contribution in [0.3, 0.4) is 0 Å². The molecule has 0 saturated heterocycles. The molecule has 0 fully saturated rings. The van der Waals surface area contributed by atoms with Crippen molar-refractivity contribution < 1.29 is 29.4 Å². The minimum atomic E-state index is -1.17. The monoisotopic (exact) mass is 702 g/mol. The molecule has 5 atom stereocenters. The van der Waals surface area contributed by atoms with Crippen molar-refractivity contribution in [2.75, 3.05) is 19.6 Å². The molecule has 1 aliphatic rings. The van der Waals surface area contributed by atoms with Gasteiger partial charge in [0.1, 0.15) is 29.6 Å². The lowest BCUT2D eigenvalue weighted by Gasteiger charge is -2.26. The molecule has 14 heteroatoms. The van der Waals surface area contributed by atoms with Gasteiger partial charge in [0.2, 0.25) is 23.6 Å². The highest BCUT2D eigenvalue weighted by molar-refractivity contribution is 5.95. The molecule has 0 unspecified atom stereocenters. The third kappa shape index (κ3) is 11.5. The highest BCUT2D eigenvalue weighted by atomic mass is 16.3. The predicted octanol–water partition coefficient (Wildman–Crippen LogP) is -0.191. The number of hydrogen-bond acceptors (Lipinski definition) is 10. The van der Waals surface area contributed by atoms with E-state index in [1.807, 2.05) is 24.3 Å². The topological polar surface area (TPSA) is 261 Å².